The number of sulfonamides is 1. The molecule has 1 atom stereocenters. The van der Waals surface area contributed by atoms with E-state index in [0.29, 0.717) is 5.56 Å². The molecule has 4 N–H and O–H groups in total. The van der Waals surface area contributed by atoms with Gasteiger partial charge in [0.05, 0.1) is 23.8 Å². The van der Waals surface area contributed by atoms with Gasteiger partial charge in [-0.2, -0.15) is 0 Å². The van der Waals surface area contributed by atoms with Gasteiger partial charge >= 0.3 is 0 Å². The number of β-amino-alcohol motifs (C(OH)–C–C–N with tert-alkyl or cyclic N) is 1. The summed E-state index contributed by atoms with van der Waals surface area (Å²) in [4.78, 5) is 4.49. The molecule has 0 fully saturated rings. The van der Waals surface area contributed by atoms with E-state index >= 15 is 0 Å². The van der Waals surface area contributed by atoms with Crippen LogP contribution in [0.5, 0.6) is 5.75 Å². The van der Waals surface area contributed by atoms with Crippen LogP contribution in [0.1, 0.15) is 31.9 Å². The zero-order valence-electron chi connectivity index (χ0n) is 20.1. The number of aromatic hydroxyl groups is 1. The van der Waals surface area contributed by atoms with Crippen molar-refractivity contribution < 1.29 is 18.6 Å². The summed E-state index contributed by atoms with van der Waals surface area (Å²) in [5, 5.41) is 26.0. The summed E-state index contributed by atoms with van der Waals surface area (Å²) in [5.41, 5.74) is 2.23. The molecule has 10 heteroatoms. The number of imidazole rings is 1. The molecule has 0 aliphatic heterocycles. The molecule has 4 aromatic rings. The molecular formula is C26H30N4O4S2. The Morgan fingerprint density at radius 2 is 1.89 bits per heavy atom. The Bertz CT molecular complexity index is 1380. The van der Waals surface area contributed by atoms with E-state index in [1.54, 1.807) is 17.5 Å². The molecule has 0 bridgehead atoms. The maximum absolute atomic E-state index is 12.5. The molecule has 0 saturated carbocycles. The van der Waals surface area contributed by atoms with Crippen LogP contribution in [0.3, 0.4) is 0 Å². The van der Waals surface area contributed by atoms with Gasteiger partial charge in [-0.1, -0.05) is 42.5 Å². The highest BCUT2D eigenvalue weighted by atomic mass is 32.2. The highest BCUT2D eigenvalue weighted by Crippen LogP contribution is 2.30. The number of nitrogens with one attached hydrogen (secondary N) is 2. The fourth-order valence-corrected chi connectivity index (χ4v) is 5.74. The van der Waals surface area contributed by atoms with Crippen LogP contribution in [-0.2, 0) is 16.6 Å². The van der Waals surface area contributed by atoms with Gasteiger partial charge < -0.3 is 20.1 Å². The van der Waals surface area contributed by atoms with Gasteiger partial charge in [0, 0.05) is 30.4 Å². The molecule has 36 heavy (non-hydrogen) atoms. The number of nitrogens with zero attached hydrogens (tertiary/aromatic N) is 2. The number of anilines is 1. The minimum Gasteiger partial charge on any atom is -0.506 e. The van der Waals surface area contributed by atoms with Crippen molar-refractivity contribution in [2.45, 2.75) is 42.7 Å². The minimum absolute atomic E-state index is 0.0218. The van der Waals surface area contributed by atoms with E-state index in [0.717, 1.165) is 35.6 Å². The van der Waals surface area contributed by atoms with Crippen LogP contribution < -0.4 is 10.0 Å². The van der Waals surface area contributed by atoms with Crippen LogP contribution in [0.4, 0.5) is 5.69 Å². The average Bonchev–Trinajstić information content (AvgIpc) is 3.56. The molecule has 0 radical (unpaired) electrons. The van der Waals surface area contributed by atoms with Gasteiger partial charge in [-0.15, -0.1) is 11.3 Å². The first-order valence-electron chi connectivity index (χ1n) is 11.5. The Morgan fingerprint density at radius 3 is 2.61 bits per heavy atom. The minimum atomic E-state index is -3.82. The lowest BCUT2D eigenvalue weighted by molar-refractivity contribution is 0.158. The Labute approximate surface area is 215 Å². The molecule has 4 rings (SSSR count). The van der Waals surface area contributed by atoms with Gasteiger partial charge in [0.1, 0.15) is 9.96 Å². The van der Waals surface area contributed by atoms with E-state index in [1.165, 1.54) is 18.2 Å². The number of hydrogen-bond acceptors (Lipinski definition) is 7. The van der Waals surface area contributed by atoms with Crippen molar-refractivity contribution in [2.75, 3.05) is 11.3 Å². The third-order valence-corrected chi connectivity index (χ3v) is 8.64. The number of aliphatic hydroxyl groups is 1. The van der Waals surface area contributed by atoms with Crippen LogP contribution in [0.15, 0.2) is 82.8 Å². The lowest BCUT2D eigenvalue weighted by atomic mass is 9.99. The zero-order valence-corrected chi connectivity index (χ0v) is 21.8. The summed E-state index contributed by atoms with van der Waals surface area (Å²) in [5.74, 6) is -0.213. The van der Waals surface area contributed by atoms with Gasteiger partial charge in [0.2, 0.25) is 0 Å². The lowest BCUT2D eigenvalue weighted by Crippen LogP contribution is -2.42. The Balaban J connectivity index is 1.34. The molecule has 2 aromatic heterocycles. The molecule has 2 aromatic carbocycles. The second kappa shape index (κ2) is 10.8. The number of hydrogen-bond donors (Lipinski definition) is 4. The van der Waals surface area contributed by atoms with E-state index < -0.39 is 16.1 Å². The number of thiophene rings is 1. The van der Waals surface area contributed by atoms with Crippen molar-refractivity contribution >= 4 is 27.0 Å². The summed E-state index contributed by atoms with van der Waals surface area (Å²) in [6.07, 6.45) is 3.75. The maximum atomic E-state index is 12.5. The van der Waals surface area contributed by atoms with Crippen molar-refractivity contribution in [3.63, 3.8) is 0 Å². The molecule has 190 valence electrons. The molecular weight excluding hydrogens is 496 g/mol. The van der Waals surface area contributed by atoms with Crippen LogP contribution in [0.25, 0.3) is 11.3 Å². The summed E-state index contributed by atoms with van der Waals surface area (Å²) in [6, 6.07) is 17.5. The number of phenolic OH excluding ortho intramolecular Hbond substituents is 1. The largest absolute Gasteiger partial charge is 0.506 e. The maximum Gasteiger partial charge on any atom is 0.271 e. The van der Waals surface area contributed by atoms with Crippen molar-refractivity contribution in [2.24, 2.45) is 0 Å². The number of rotatable bonds is 11. The monoisotopic (exact) mass is 526 g/mol. The third kappa shape index (κ3) is 6.52. The first kappa shape index (κ1) is 25.9. The second-order valence-corrected chi connectivity index (χ2v) is 12.1. The van der Waals surface area contributed by atoms with Gasteiger partial charge in [-0.05, 0) is 49.4 Å². The molecule has 0 saturated heterocycles. The van der Waals surface area contributed by atoms with Gasteiger partial charge in [-0.3, -0.25) is 4.72 Å². The van der Waals surface area contributed by atoms with Gasteiger partial charge in [-0.25, -0.2) is 13.4 Å². The molecule has 0 amide bonds. The second-order valence-electron chi connectivity index (χ2n) is 9.21. The molecule has 2 heterocycles. The van der Waals surface area contributed by atoms with Gasteiger partial charge in [0.25, 0.3) is 10.0 Å². The molecule has 0 spiro atoms. The summed E-state index contributed by atoms with van der Waals surface area (Å²) in [6.45, 7) is 5.14. The topological polar surface area (TPSA) is 116 Å². The summed E-state index contributed by atoms with van der Waals surface area (Å²) < 4.78 is 29.7. The van der Waals surface area contributed by atoms with E-state index in [9.17, 15) is 18.6 Å². The van der Waals surface area contributed by atoms with Crippen LogP contribution in [0, 0.1) is 0 Å². The fourth-order valence-electron chi connectivity index (χ4n) is 3.68. The van der Waals surface area contributed by atoms with E-state index in [1.807, 2.05) is 47.4 Å². The SMILES string of the molecule is CC(C)(CCn1cnc(-c2ccccc2)c1)NCC(O)c1ccc(O)c(NS(=O)(=O)c2cccs2)c1. The lowest BCUT2D eigenvalue weighted by Gasteiger charge is -2.28. The van der Waals surface area contributed by atoms with Crippen molar-refractivity contribution in [3.8, 4) is 17.0 Å². The van der Waals surface area contributed by atoms with Crippen molar-refractivity contribution in [1.82, 2.24) is 14.9 Å². The Morgan fingerprint density at radius 1 is 1.11 bits per heavy atom. The Kier molecular flexibility index (Phi) is 7.79. The number of aromatic nitrogens is 2. The van der Waals surface area contributed by atoms with E-state index in [4.69, 9.17) is 0 Å². The van der Waals surface area contributed by atoms with Crippen LogP contribution >= 0.6 is 11.3 Å². The van der Waals surface area contributed by atoms with E-state index in [2.05, 4.69) is 28.9 Å². The van der Waals surface area contributed by atoms with Crippen molar-refractivity contribution in [1.29, 1.82) is 0 Å². The normalized spacial score (nSPS) is 13.0. The number of phenols is 1. The Hall–Kier alpha value is -3.18. The van der Waals surface area contributed by atoms with E-state index in [-0.39, 0.29) is 27.7 Å². The highest BCUT2D eigenvalue weighted by Gasteiger charge is 2.21. The molecule has 1 unspecified atom stereocenters. The summed E-state index contributed by atoms with van der Waals surface area (Å²) >= 11 is 1.08. The van der Waals surface area contributed by atoms with Gasteiger partial charge in [0.15, 0.2) is 0 Å². The number of aliphatic hydroxyl groups excluding tert-OH is 1. The third-order valence-electron chi connectivity index (χ3n) is 5.88. The standard InChI is InChI=1S/C26H30N4O4S2/c1-26(2,12-13-30-17-22(27-18-30)19-7-4-3-5-8-19)28-16-24(32)20-10-11-23(31)21(15-20)29-36(33,34)25-9-6-14-35-25/h3-11,14-15,17-18,24,28-29,31-32H,12-13,16H2,1-2H3. The summed E-state index contributed by atoms with van der Waals surface area (Å²) in [7, 11) is -3.82. The van der Waals surface area contributed by atoms with Crippen molar-refractivity contribution in [3.05, 3.63) is 84.1 Å². The highest BCUT2D eigenvalue weighted by molar-refractivity contribution is 7.94. The fraction of sp³-hybridized carbons (Fsp3) is 0.269. The molecule has 8 nitrogen and oxygen atoms in total. The van der Waals surface area contributed by atoms with Crippen LogP contribution in [-0.4, -0.2) is 40.3 Å². The molecule has 0 aliphatic rings. The smallest absolute Gasteiger partial charge is 0.271 e. The predicted octanol–water partition coefficient (Wildman–Crippen LogP) is 4.61. The predicted molar refractivity (Wildman–Crippen MR) is 143 cm³/mol. The molecule has 0 aliphatic carbocycles. The average molecular weight is 527 g/mol. The quantitative estimate of drug-likeness (QED) is 0.212. The first-order valence-corrected chi connectivity index (χ1v) is 13.9. The zero-order chi connectivity index (χ0) is 25.8. The number of benzene rings is 2. The van der Waals surface area contributed by atoms with Crippen LogP contribution in [0.2, 0.25) is 0 Å². The number of aryl methyl sites for hydroxylation is 1. The first-order chi connectivity index (χ1) is 17.1.